The van der Waals surface area contributed by atoms with Gasteiger partial charge in [0, 0.05) is 16.3 Å². The molecule has 0 amide bonds. The van der Waals surface area contributed by atoms with Crippen LogP contribution in [0.5, 0.6) is 0 Å². The summed E-state index contributed by atoms with van der Waals surface area (Å²) >= 11 is 0. The number of benzene rings is 7. The molecule has 1 aromatic heterocycles. The highest BCUT2D eigenvalue weighted by atomic mass is 16.3. The summed E-state index contributed by atoms with van der Waals surface area (Å²) in [7, 11) is 0. The maximum absolute atomic E-state index is 6.53. The van der Waals surface area contributed by atoms with Crippen molar-refractivity contribution in [2.45, 2.75) is 26.2 Å². The van der Waals surface area contributed by atoms with E-state index < -0.39 is 0 Å². The van der Waals surface area contributed by atoms with Crippen LogP contribution in [-0.2, 0) is 5.41 Å². The summed E-state index contributed by atoms with van der Waals surface area (Å²) < 4.78 is 6.53. The van der Waals surface area contributed by atoms with Crippen molar-refractivity contribution in [3.8, 4) is 22.3 Å². The van der Waals surface area contributed by atoms with Crippen LogP contribution in [0.2, 0.25) is 0 Å². The van der Waals surface area contributed by atoms with Crippen molar-refractivity contribution in [1.29, 1.82) is 0 Å². The normalized spacial score (nSPS) is 12.5. The van der Waals surface area contributed by atoms with E-state index in [1.165, 1.54) is 54.6 Å². The molecule has 186 valence electrons. The van der Waals surface area contributed by atoms with Crippen LogP contribution < -0.4 is 0 Å². The molecule has 1 nitrogen and oxygen atoms in total. The number of hydrogen-bond acceptors (Lipinski definition) is 1. The van der Waals surface area contributed by atoms with Crippen LogP contribution in [0.4, 0.5) is 0 Å². The molecule has 0 aliphatic heterocycles. The van der Waals surface area contributed by atoms with Crippen LogP contribution in [0.15, 0.2) is 120 Å². The summed E-state index contributed by atoms with van der Waals surface area (Å²) in [5.74, 6) is 0. The highest BCUT2D eigenvalue weighted by molar-refractivity contribution is 6.29. The maximum atomic E-state index is 6.53. The van der Waals surface area contributed by atoms with Gasteiger partial charge in [-0.25, -0.2) is 0 Å². The Morgan fingerprint density at radius 2 is 1.15 bits per heavy atom. The zero-order valence-electron chi connectivity index (χ0n) is 22.4. The SMILES string of the molecule is CC(C)(C)c1cc2ccc3c(-c4ccccc4)cc(-c4cccc5c4oc4ccccc45)c4ccc(c1)c2c34. The first-order valence-corrected chi connectivity index (χ1v) is 13.7. The fraction of sp³-hybridized carbons (Fsp3) is 0.105. The number of hydrogen-bond donors (Lipinski definition) is 0. The van der Waals surface area contributed by atoms with Crippen LogP contribution in [0.3, 0.4) is 0 Å². The van der Waals surface area contributed by atoms with Crippen molar-refractivity contribution in [3.63, 3.8) is 0 Å². The van der Waals surface area contributed by atoms with Crippen molar-refractivity contribution >= 4 is 54.3 Å². The lowest BCUT2D eigenvalue weighted by atomic mass is 9.81. The van der Waals surface area contributed by atoms with E-state index in [1.807, 2.05) is 6.07 Å². The van der Waals surface area contributed by atoms with Crippen molar-refractivity contribution in [2.75, 3.05) is 0 Å². The van der Waals surface area contributed by atoms with Gasteiger partial charge < -0.3 is 4.42 Å². The predicted molar refractivity (Wildman–Crippen MR) is 167 cm³/mol. The molecule has 0 aliphatic rings. The molecular weight excluding hydrogens is 472 g/mol. The Hall–Kier alpha value is -4.62. The van der Waals surface area contributed by atoms with Crippen molar-refractivity contribution in [2.24, 2.45) is 0 Å². The first-order valence-electron chi connectivity index (χ1n) is 13.7. The van der Waals surface area contributed by atoms with Gasteiger partial charge >= 0.3 is 0 Å². The van der Waals surface area contributed by atoms with Gasteiger partial charge in [0.15, 0.2) is 0 Å². The van der Waals surface area contributed by atoms with E-state index in [9.17, 15) is 0 Å². The Kier molecular flexibility index (Phi) is 4.56. The summed E-state index contributed by atoms with van der Waals surface area (Å²) in [5.41, 5.74) is 8.14. The van der Waals surface area contributed by atoms with Gasteiger partial charge in [-0.1, -0.05) is 124 Å². The third-order valence-electron chi connectivity index (χ3n) is 8.36. The number of furan rings is 1. The molecule has 7 aromatic carbocycles. The zero-order valence-corrected chi connectivity index (χ0v) is 22.4. The van der Waals surface area contributed by atoms with E-state index in [2.05, 4.69) is 130 Å². The van der Waals surface area contributed by atoms with Gasteiger partial charge in [0.05, 0.1) is 0 Å². The standard InChI is InChI=1S/C38H28O/c1-38(2,3)26-20-24-16-18-28-32(23-10-5-4-6-11-23)22-33(29-19-17-25(21-26)35(24)36(28)29)31-14-9-13-30-27-12-7-8-15-34(27)39-37(30)31/h4-22H,1-3H3. The second-order valence-electron chi connectivity index (χ2n) is 11.8. The molecule has 0 unspecified atom stereocenters. The highest BCUT2D eigenvalue weighted by Crippen LogP contribution is 2.46. The molecule has 0 atom stereocenters. The van der Waals surface area contributed by atoms with Crippen LogP contribution in [0, 0.1) is 0 Å². The fourth-order valence-electron chi connectivity index (χ4n) is 6.39. The third-order valence-corrected chi connectivity index (χ3v) is 8.36. The van der Waals surface area contributed by atoms with E-state index in [-0.39, 0.29) is 5.41 Å². The Morgan fingerprint density at radius 3 is 1.90 bits per heavy atom. The second kappa shape index (κ2) is 7.94. The van der Waals surface area contributed by atoms with Gasteiger partial charge in [-0.3, -0.25) is 0 Å². The van der Waals surface area contributed by atoms with E-state index in [0.29, 0.717) is 0 Å². The Balaban J connectivity index is 1.55. The van der Waals surface area contributed by atoms with Crippen LogP contribution in [0.1, 0.15) is 26.3 Å². The predicted octanol–water partition coefficient (Wildman–Crippen LogP) is 11.1. The monoisotopic (exact) mass is 500 g/mol. The average molecular weight is 501 g/mol. The molecule has 0 N–H and O–H groups in total. The average Bonchev–Trinajstić information content (AvgIpc) is 3.34. The topological polar surface area (TPSA) is 13.1 Å². The molecular formula is C38H28O. The maximum Gasteiger partial charge on any atom is 0.143 e. The van der Waals surface area contributed by atoms with Crippen LogP contribution >= 0.6 is 0 Å². The number of fused-ring (bicyclic) bond motifs is 3. The molecule has 0 fully saturated rings. The number of para-hydroxylation sites is 2. The first-order chi connectivity index (χ1) is 19.0. The zero-order chi connectivity index (χ0) is 26.3. The van der Waals surface area contributed by atoms with Gasteiger partial charge in [0.1, 0.15) is 11.2 Å². The second-order valence-corrected chi connectivity index (χ2v) is 11.8. The molecule has 0 saturated carbocycles. The molecule has 1 heterocycles. The minimum absolute atomic E-state index is 0.0851. The van der Waals surface area contributed by atoms with Crippen molar-refractivity contribution in [1.82, 2.24) is 0 Å². The van der Waals surface area contributed by atoms with E-state index >= 15 is 0 Å². The molecule has 0 spiro atoms. The lowest BCUT2D eigenvalue weighted by Gasteiger charge is -2.23. The lowest BCUT2D eigenvalue weighted by Crippen LogP contribution is -2.10. The van der Waals surface area contributed by atoms with E-state index in [1.54, 1.807) is 0 Å². The summed E-state index contributed by atoms with van der Waals surface area (Å²) in [4.78, 5) is 0. The molecule has 8 aromatic rings. The summed E-state index contributed by atoms with van der Waals surface area (Å²) in [5, 5.41) is 10.1. The molecule has 1 heteroatoms. The molecule has 0 saturated heterocycles. The molecule has 0 bridgehead atoms. The Bertz CT molecular complexity index is 2170. The van der Waals surface area contributed by atoms with Gasteiger partial charge in [-0.15, -0.1) is 0 Å². The van der Waals surface area contributed by atoms with Crippen LogP contribution in [-0.4, -0.2) is 0 Å². The lowest BCUT2D eigenvalue weighted by molar-refractivity contribution is 0.591. The smallest absolute Gasteiger partial charge is 0.143 e. The van der Waals surface area contributed by atoms with Gasteiger partial charge in [-0.2, -0.15) is 0 Å². The van der Waals surface area contributed by atoms with Gasteiger partial charge in [0.2, 0.25) is 0 Å². The highest BCUT2D eigenvalue weighted by Gasteiger charge is 2.21. The summed E-state index contributed by atoms with van der Waals surface area (Å²) in [6, 6.07) is 42.1. The molecule has 8 rings (SSSR count). The third kappa shape index (κ3) is 3.26. The molecule has 0 aliphatic carbocycles. The van der Waals surface area contributed by atoms with Crippen LogP contribution in [0.25, 0.3) is 76.5 Å². The fourth-order valence-corrected chi connectivity index (χ4v) is 6.39. The van der Waals surface area contributed by atoms with Crippen molar-refractivity contribution < 1.29 is 4.42 Å². The van der Waals surface area contributed by atoms with Crippen molar-refractivity contribution in [3.05, 3.63) is 121 Å². The minimum atomic E-state index is 0.0851. The van der Waals surface area contributed by atoms with Gasteiger partial charge in [0.25, 0.3) is 0 Å². The first kappa shape index (κ1) is 22.4. The van der Waals surface area contributed by atoms with E-state index in [0.717, 1.165) is 27.5 Å². The van der Waals surface area contributed by atoms with Gasteiger partial charge in [-0.05, 0) is 72.1 Å². The summed E-state index contributed by atoms with van der Waals surface area (Å²) in [6.07, 6.45) is 0. The molecule has 39 heavy (non-hydrogen) atoms. The Morgan fingerprint density at radius 1 is 0.487 bits per heavy atom. The minimum Gasteiger partial charge on any atom is -0.455 e. The molecule has 0 radical (unpaired) electrons. The van der Waals surface area contributed by atoms with E-state index in [4.69, 9.17) is 4.42 Å². The quantitative estimate of drug-likeness (QED) is 0.215. The number of rotatable bonds is 2. The largest absolute Gasteiger partial charge is 0.455 e. The Labute approximate surface area is 227 Å². The summed E-state index contributed by atoms with van der Waals surface area (Å²) in [6.45, 7) is 6.87.